The SMILES string of the molecule is c1ccc(-c2ccc(N(c3ccc4c(c3)sc3ccccc34)c3cc4ccc5cccc6c7cccc8ccc9cccc(c(c3)c4c56)c9c87)cc2)cc1. The van der Waals surface area contributed by atoms with Crippen molar-refractivity contribution in [3.05, 3.63) is 188 Å². The summed E-state index contributed by atoms with van der Waals surface area (Å²) >= 11 is 1.87. The van der Waals surface area contributed by atoms with Gasteiger partial charge in [-0.1, -0.05) is 146 Å². The number of anilines is 3. The molecule has 0 aliphatic heterocycles. The van der Waals surface area contributed by atoms with Gasteiger partial charge in [0.15, 0.2) is 0 Å². The number of hydrogen-bond donors (Lipinski definition) is 0. The van der Waals surface area contributed by atoms with Gasteiger partial charge in [0.25, 0.3) is 0 Å². The van der Waals surface area contributed by atoms with Crippen molar-refractivity contribution in [3.63, 3.8) is 0 Å². The van der Waals surface area contributed by atoms with E-state index in [4.69, 9.17) is 0 Å². The normalized spacial score (nSPS) is 12.1. The molecule has 0 N–H and O–H groups in total. The van der Waals surface area contributed by atoms with E-state index in [2.05, 4.69) is 193 Å². The predicted molar refractivity (Wildman–Crippen MR) is 236 cm³/mol. The van der Waals surface area contributed by atoms with Crippen LogP contribution in [0, 0.1) is 0 Å². The number of benzene rings is 10. The highest BCUT2D eigenvalue weighted by Crippen LogP contribution is 2.47. The van der Waals surface area contributed by atoms with Gasteiger partial charge in [-0.25, -0.2) is 0 Å². The minimum Gasteiger partial charge on any atom is -0.310 e. The van der Waals surface area contributed by atoms with Gasteiger partial charge < -0.3 is 4.90 Å². The van der Waals surface area contributed by atoms with Crippen LogP contribution in [0.2, 0.25) is 0 Å². The van der Waals surface area contributed by atoms with Gasteiger partial charge >= 0.3 is 0 Å². The first-order valence-corrected chi connectivity index (χ1v) is 19.4. The zero-order valence-electron chi connectivity index (χ0n) is 29.3. The molecule has 0 radical (unpaired) electrons. The van der Waals surface area contributed by atoms with Gasteiger partial charge in [0.1, 0.15) is 0 Å². The highest BCUT2D eigenvalue weighted by Gasteiger charge is 2.20. The van der Waals surface area contributed by atoms with E-state index < -0.39 is 0 Å². The third-order valence-electron chi connectivity index (χ3n) is 11.5. The van der Waals surface area contributed by atoms with Crippen molar-refractivity contribution < 1.29 is 0 Å². The van der Waals surface area contributed by atoms with Gasteiger partial charge in [-0.3, -0.25) is 0 Å². The first-order valence-electron chi connectivity index (χ1n) is 18.6. The average Bonchev–Trinajstić information content (AvgIpc) is 3.61. The van der Waals surface area contributed by atoms with Gasteiger partial charge in [0, 0.05) is 37.2 Å². The molecular weight excluding hydrogens is 671 g/mol. The molecule has 0 saturated carbocycles. The van der Waals surface area contributed by atoms with Crippen molar-refractivity contribution in [1.82, 2.24) is 0 Å². The lowest BCUT2D eigenvalue weighted by atomic mass is 9.87. The lowest BCUT2D eigenvalue weighted by molar-refractivity contribution is 1.30. The first-order chi connectivity index (χ1) is 26.8. The van der Waals surface area contributed by atoms with Gasteiger partial charge in [-0.05, 0) is 118 Å². The molecule has 0 unspecified atom stereocenters. The minimum atomic E-state index is 1.12. The van der Waals surface area contributed by atoms with Crippen LogP contribution in [-0.4, -0.2) is 0 Å². The lowest BCUT2D eigenvalue weighted by Crippen LogP contribution is -2.10. The van der Waals surface area contributed by atoms with Gasteiger partial charge in [0.05, 0.1) is 0 Å². The Balaban J connectivity index is 1.20. The summed E-state index contributed by atoms with van der Waals surface area (Å²) in [6, 6.07) is 70.0. The topological polar surface area (TPSA) is 3.24 Å². The van der Waals surface area contributed by atoms with Gasteiger partial charge in [-0.2, -0.15) is 0 Å². The van der Waals surface area contributed by atoms with E-state index in [1.54, 1.807) is 0 Å². The van der Waals surface area contributed by atoms with Gasteiger partial charge in [0.2, 0.25) is 0 Å². The number of hydrogen-bond acceptors (Lipinski definition) is 2. The highest BCUT2D eigenvalue weighted by molar-refractivity contribution is 7.25. The number of nitrogens with zero attached hydrogens (tertiary/aromatic N) is 1. The summed E-state index contributed by atoms with van der Waals surface area (Å²) in [7, 11) is 0. The molecule has 0 aliphatic carbocycles. The number of thiophene rings is 1. The maximum absolute atomic E-state index is 2.46. The third-order valence-corrected chi connectivity index (χ3v) is 12.7. The monoisotopic (exact) mass is 701 g/mol. The van der Waals surface area contributed by atoms with Crippen molar-refractivity contribution >= 4 is 113 Å². The molecule has 0 fully saturated rings. The Bertz CT molecular complexity index is 3430. The average molecular weight is 702 g/mol. The zero-order valence-corrected chi connectivity index (χ0v) is 30.1. The molecule has 0 saturated heterocycles. The Morgan fingerprint density at radius 2 is 0.796 bits per heavy atom. The van der Waals surface area contributed by atoms with Crippen molar-refractivity contribution in [2.45, 2.75) is 0 Å². The lowest BCUT2D eigenvalue weighted by Gasteiger charge is -2.27. The van der Waals surface area contributed by atoms with Crippen LogP contribution < -0.4 is 4.90 Å². The van der Waals surface area contributed by atoms with E-state index >= 15 is 0 Å². The first kappa shape index (κ1) is 29.8. The van der Waals surface area contributed by atoms with E-state index in [0.717, 1.165) is 17.1 Å². The smallest absolute Gasteiger partial charge is 0.0476 e. The zero-order chi connectivity index (χ0) is 35.3. The van der Waals surface area contributed by atoms with Crippen LogP contribution in [0.1, 0.15) is 0 Å². The molecule has 12 aromatic rings. The van der Waals surface area contributed by atoms with E-state index in [-0.39, 0.29) is 0 Å². The van der Waals surface area contributed by atoms with Crippen molar-refractivity contribution in [2.75, 3.05) is 4.90 Å². The van der Waals surface area contributed by atoms with Crippen LogP contribution >= 0.6 is 11.3 Å². The molecule has 12 rings (SSSR count). The fourth-order valence-corrected chi connectivity index (χ4v) is 10.3. The van der Waals surface area contributed by atoms with E-state index in [0.29, 0.717) is 0 Å². The maximum atomic E-state index is 2.46. The fraction of sp³-hybridized carbons (Fsp3) is 0. The molecule has 54 heavy (non-hydrogen) atoms. The van der Waals surface area contributed by atoms with Crippen LogP contribution in [0.3, 0.4) is 0 Å². The summed E-state index contributed by atoms with van der Waals surface area (Å²) in [6.07, 6.45) is 0. The molecule has 11 aromatic carbocycles. The second-order valence-electron chi connectivity index (χ2n) is 14.5. The summed E-state index contributed by atoms with van der Waals surface area (Å²) in [4.78, 5) is 2.46. The van der Waals surface area contributed by atoms with Crippen LogP contribution in [0.4, 0.5) is 17.1 Å². The number of fused-ring (bicyclic) bond motifs is 5. The second-order valence-corrected chi connectivity index (χ2v) is 15.5. The third kappa shape index (κ3) is 4.32. The fourth-order valence-electron chi connectivity index (χ4n) is 9.13. The maximum Gasteiger partial charge on any atom is 0.0476 e. The molecule has 0 spiro atoms. The predicted octanol–water partition coefficient (Wildman–Crippen LogP) is 15.5. The molecule has 1 nitrogen and oxygen atoms in total. The summed E-state index contributed by atoms with van der Waals surface area (Å²) in [5.41, 5.74) is 5.83. The Hall–Kier alpha value is -6.74. The Morgan fingerprint density at radius 1 is 0.278 bits per heavy atom. The molecule has 0 atom stereocenters. The van der Waals surface area contributed by atoms with Crippen molar-refractivity contribution in [1.29, 1.82) is 0 Å². The van der Waals surface area contributed by atoms with Crippen LogP contribution in [0.25, 0.3) is 95.9 Å². The molecule has 1 heterocycles. The second kappa shape index (κ2) is 11.4. The van der Waals surface area contributed by atoms with E-state index in [9.17, 15) is 0 Å². The molecule has 0 amide bonds. The Labute approximate surface area is 315 Å². The van der Waals surface area contributed by atoms with Crippen molar-refractivity contribution in [2.24, 2.45) is 0 Å². The summed E-state index contributed by atoms with van der Waals surface area (Å²) in [5, 5.41) is 18.1. The van der Waals surface area contributed by atoms with E-state index in [1.165, 1.54) is 95.9 Å². The highest BCUT2D eigenvalue weighted by atomic mass is 32.1. The van der Waals surface area contributed by atoms with E-state index in [1.807, 2.05) is 11.3 Å². The number of rotatable bonds is 4. The standard InChI is InChI=1S/C52H31NS/c1-2-9-32(10-3-1)33-23-25-38(26-24-33)53(39-27-28-42-41-14-4-5-18-47(41)54-48(42)31-39)40-29-37-22-21-36-12-7-16-44-43-15-6-11-34-19-20-35-13-8-17-45(51(35)49(34)43)46(30-40)52(37)50(36)44/h1-31H. The summed E-state index contributed by atoms with van der Waals surface area (Å²) in [5.74, 6) is 0. The summed E-state index contributed by atoms with van der Waals surface area (Å²) < 4.78 is 2.61. The van der Waals surface area contributed by atoms with Crippen molar-refractivity contribution in [3.8, 4) is 11.1 Å². The molecular formula is C52H31NS. The minimum absolute atomic E-state index is 1.12. The van der Waals surface area contributed by atoms with Gasteiger partial charge in [-0.15, -0.1) is 11.3 Å². The molecule has 0 aliphatic rings. The quantitative estimate of drug-likeness (QED) is 0.165. The summed E-state index contributed by atoms with van der Waals surface area (Å²) in [6.45, 7) is 0. The largest absolute Gasteiger partial charge is 0.310 e. The van der Waals surface area contributed by atoms with Crippen LogP contribution in [0.5, 0.6) is 0 Å². The molecule has 1 aromatic heterocycles. The van der Waals surface area contributed by atoms with Crippen LogP contribution in [0.15, 0.2) is 188 Å². The molecule has 250 valence electrons. The molecule has 2 heteroatoms. The Kier molecular flexibility index (Phi) is 6.28. The van der Waals surface area contributed by atoms with Crippen LogP contribution in [-0.2, 0) is 0 Å². The Morgan fingerprint density at radius 3 is 1.48 bits per heavy atom. The molecule has 0 bridgehead atoms.